The lowest BCUT2D eigenvalue weighted by molar-refractivity contribution is 0.183. The summed E-state index contributed by atoms with van der Waals surface area (Å²) < 4.78 is 2.03. The summed E-state index contributed by atoms with van der Waals surface area (Å²) in [5.41, 5.74) is 0. The molecule has 4 heteroatoms. The Hall–Kier alpha value is -0.870. The van der Waals surface area contributed by atoms with Crippen LogP contribution in [0.3, 0.4) is 0 Å². The first-order chi connectivity index (χ1) is 5.86. The second-order valence-electron chi connectivity index (χ2n) is 3.25. The maximum atomic E-state index is 5.65. The van der Waals surface area contributed by atoms with Gasteiger partial charge in [-0.05, 0) is 18.9 Å². The molecule has 0 amide bonds. The lowest BCUT2D eigenvalue weighted by atomic mass is 10.1. The molecule has 0 saturated carbocycles. The van der Waals surface area contributed by atoms with E-state index in [1.54, 1.807) is 0 Å². The zero-order valence-electron chi connectivity index (χ0n) is 7.06. The van der Waals surface area contributed by atoms with E-state index >= 15 is 0 Å². The molecule has 66 valence electrons. The summed E-state index contributed by atoms with van der Waals surface area (Å²) in [4.78, 5) is 0. The van der Waals surface area contributed by atoms with Crippen LogP contribution in [-0.4, -0.2) is 27.9 Å². The van der Waals surface area contributed by atoms with E-state index in [1.165, 1.54) is 0 Å². The normalized spacial score (nSPS) is 21.4. The third-order valence-electron chi connectivity index (χ3n) is 2.40. The van der Waals surface area contributed by atoms with E-state index in [1.807, 2.05) is 28.2 Å². The van der Waals surface area contributed by atoms with Crippen molar-refractivity contribution in [2.45, 2.75) is 18.9 Å². The number of nitrogens with zero attached hydrogens (tertiary/aromatic N) is 3. The highest BCUT2D eigenvalue weighted by Crippen LogP contribution is 2.19. The summed E-state index contributed by atoms with van der Waals surface area (Å²) in [6.07, 6.45) is 6.07. The summed E-state index contributed by atoms with van der Waals surface area (Å²) >= 11 is 0. The minimum absolute atomic E-state index is 0.555. The van der Waals surface area contributed by atoms with Gasteiger partial charge in [0.25, 0.3) is 0 Å². The highest BCUT2D eigenvalue weighted by atomic mass is 15.4. The van der Waals surface area contributed by atoms with Crippen molar-refractivity contribution in [2.24, 2.45) is 5.84 Å². The van der Waals surface area contributed by atoms with Gasteiger partial charge in [0.15, 0.2) is 0 Å². The SMILES string of the molecule is NN1CCC(n2cccn2)CC1. The summed E-state index contributed by atoms with van der Waals surface area (Å²) in [5, 5.41) is 6.10. The van der Waals surface area contributed by atoms with Crippen LogP contribution in [0.5, 0.6) is 0 Å². The fourth-order valence-corrected chi connectivity index (χ4v) is 1.65. The van der Waals surface area contributed by atoms with Crippen molar-refractivity contribution < 1.29 is 0 Å². The van der Waals surface area contributed by atoms with Crippen LogP contribution in [0.2, 0.25) is 0 Å². The zero-order chi connectivity index (χ0) is 8.39. The Morgan fingerprint density at radius 2 is 2.08 bits per heavy atom. The van der Waals surface area contributed by atoms with Crippen molar-refractivity contribution in [3.8, 4) is 0 Å². The van der Waals surface area contributed by atoms with Gasteiger partial charge in [-0.2, -0.15) is 5.10 Å². The monoisotopic (exact) mass is 166 g/mol. The predicted octanol–water partition coefficient (Wildman–Crippen LogP) is 0.394. The van der Waals surface area contributed by atoms with Gasteiger partial charge in [-0.3, -0.25) is 10.5 Å². The minimum Gasteiger partial charge on any atom is -0.270 e. The van der Waals surface area contributed by atoms with Crippen molar-refractivity contribution in [2.75, 3.05) is 13.1 Å². The molecule has 4 nitrogen and oxygen atoms in total. The van der Waals surface area contributed by atoms with Crippen LogP contribution in [0.25, 0.3) is 0 Å². The van der Waals surface area contributed by atoms with Gasteiger partial charge in [-0.15, -0.1) is 0 Å². The highest BCUT2D eigenvalue weighted by molar-refractivity contribution is 4.83. The van der Waals surface area contributed by atoms with Crippen molar-refractivity contribution in [1.82, 2.24) is 14.8 Å². The van der Waals surface area contributed by atoms with E-state index in [-0.39, 0.29) is 0 Å². The Kier molecular flexibility index (Phi) is 2.10. The molecule has 12 heavy (non-hydrogen) atoms. The van der Waals surface area contributed by atoms with Crippen molar-refractivity contribution in [1.29, 1.82) is 0 Å². The Morgan fingerprint density at radius 3 is 2.67 bits per heavy atom. The number of aromatic nitrogens is 2. The quantitative estimate of drug-likeness (QED) is 0.614. The van der Waals surface area contributed by atoms with E-state index in [0.717, 1.165) is 25.9 Å². The summed E-state index contributed by atoms with van der Waals surface area (Å²) in [6, 6.07) is 2.52. The van der Waals surface area contributed by atoms with Gasteiger partial charge in [-0.1, -0.05) is 0 Å². The first-order valence-electron chi connectivity index (χ1n) is 4.35. The molecule has 0 aliphatic carbocycles. The molecular weight excluding hydrogens is 152 g/mol. The smallest absolute Gasteiger partial charge is 0.0544 e. The Labute approximate surface area is 71.9 Å². The average Bonchev–Trinajstić information content (AvgIpc) is 2.58. The second kappa shape index (κ2) is 3.25. The third-order valence-corrected chi connectivity index (χ3v) is 2.40. The first-order valence-corrected chi connectivity index (χ1v) is 4.35. The first kappa shape index (κ1) is 7.76. The van der Waals surface area contributed by atoms with Crippen LogP contribution in [-0.2, 0) is 0 Å². The third kappa shape index (κ3) is 1.49. The molecule has 2 rings (SSSR count). The molecule has 1 aliphatic rings. The van der Waals surface area contributed by atoms with Crippen LogP contribution in [0.4, 0.5) is 0 Å². The fraction of sp³-hybridized carbons (Fsp3) is 0.625. The molecule has 1 saturated heterocycles. The topological polar surface area (TPSA) is 47.1 Å². The summed E-state index contributed by atoms with van der Waals surface area (Å²) in [7, 11) is 0. The van der Waals surface area contributed by atoms with E-state index in [2.05, 4.69) is 5.10 Å². The molecule has 0 bridgehead atoms. The largest absolute Gasteiger partial charge is 0.270 e. The van der Waals surface area contributed by atoms with Crippen LogP contribution in [0.15, 0.2) is 18.5 Å². The lowest BCUT2D eigenvalue weighted by Gasteiger charge is -2.28. The maximum Gasteiger partial charge on any atom is 0.0544 e. The van der Waals surface area contributed by atoms with Crippen molar-refractivity contribution in [3.63, 3.8) is 0 Å². The summed E-state index contributed by atoms with van der Waals surface area (Å²) in [5.74, 6) is 5.65. The van der Waals surface area contributed by atoms with Crippen molar-refractivity contribution in [3.05, 3.63) is 18.5 Å². The number of piperidine rings is 1. The van der Waals surface area contributed by atoms with E-state index in [4.69, 9.17) is 5.84 Å². The number of nitrogens with two attached hydrogens (primary N) is 1. The number of hydrogen-bond acceptors (Lipinski definition) is 3. The lowest BCUT2D eigenvalue weighted by Crippen LogP contribution is -2.39. The Morgan fingerprint density at radius 1 is 1.33 bits per heavy atom. The Bertz CT molecular complexity index is 223. The molecule has 1 fully saturated rings. The number of hydrazine groups is 1. The van der Waals surface area contributed by atoms with Crippen molar-refractivity contribution >= 4 is 0 Å². The van der Waals surface area contributed by atoms with Gasteiger partial charge in [0.05, 0.1) is 6.04 Å². The molecule has 2 heterocycles. The fourth-order valence-electron chi connectivity index (χ4n) is 1.65. The van der Waals surface area contributed by atoms with Gasteiger partial charge in [0, 0.05) is 25.5 Å². The second-order valence-corrected chi connectivity index (χ2v) is 3.25. The van der Waals surface area contributed by atoms with Gasteiger partial charge in [-0.25, -0.2) is 5.01 Å². The van der Waals surface area contributed by atoms with Gasteiger partial charge in [0.1, 0.15) is 0 Å². The standard InChI is InChI=1S/C8H14N4/c9-11-6-2-8(3-7-11)12-5-1-4-10-12/h1,4-5,8H,2-3,6-7,9H2. The molecule has 2 N–H and O–H groups in total. The van der Waals surface area contributed by atoms with E-state index in [9.17, 15) is 0 Å². The van der Waals surface area contributed by atoms with Crippen LogP contribution >= 0.6 is 0 Å². The molecule has 0 spiro atoms. The van der Waals surface area contributed by atoms with Crippen LogP contribution in [0.1, 0.15) is 18.9 Å². The van der Waals surface area contributed by atoms with Crippen LogP contribution in [0, 0.1) is 0 Å². The van der Waals surface area contributed by atoms with Gasteiger partial charge in [0.2, 0.25) is 0 Å². The van der Waals surface area contributed by atoms with Crippen LogP contribution < -0.4 is 5.84 Å². The Balaban J connectivity index is 1.99. The number of hydrogen-bond donors (Lipinski definition) is 1. The number of rotatable bonds is 1. The maximum absolute atomic E-state index is 5.65. The molecule has 1 aromatic rings. The molecule has 1 aliphatic heterocycles. The molecule has 0 unspecified atom stereocenters. The molecule has 1 aromatic heterocycles. The molecule has 0 aromatic carbocycles. The van der Waals surface area contributed by atoms with Gasteiger partial charge >= 0.3 is 0 Å². The molecule has 0 atom stereocenters. The highest BCUT2D eigenvalue weighted by Gasteiger charge is 2.17. The zero-order valence-corrected chi connectivity index (χ0v) is 7.06. The van der Waals surface area contributed by atoms with Gasteiger partial charge < -0.3 is 0 Å². The summed E-state index contributed by atoms with van der Waals surface area (Å²) in [6.45, 7) is 1.95. The molecular formula is C8H14N4. The van der Waals surface area contributed by atoms with E-state index in [0.29, 0.717) is 6.04 Å². The predicted molar refractivity (Wildman–Crippen MR) is 46.3 cm³/mol. The minimum atomic E-state index is 0.555. The average molecular weight is 166 g/mol. The van der Waals surface area contributed by atoms with E-state index < -0.39 is 0 Å². The molecule has 0 radical (unpaired) electrons.